The molecule has 0 saturated carbocycles. The van der Waals surface area contributed by atoms with Crippen LogP contribution in [0.3, 0.4) is 0 Å². The second kappa shape index (κ2) is 9.92. The maximum absolute atomic E-state index is 4.79. The van der Waals surface area contributed by atoms with Gasteiger partial charge >= 0.3 is 0 Å². The number of aromatic nitrogens is 2. The fraction of sp³-hybridized carbons (Fsp3) is 0.333. The van der Waals surface area contributed by atoms with Gasteiger partial charge in [-0.25, -0.2) is 4.99 Å². The first-order chi connectivity index (χ1) is 13.2. The molecule has 0 atom stereocenters. The smallest absolute Gasteiger partial charge is 0.193 e. The van der Waals surface area contributed by atoms with Gasteiger partial charge in [-0.2, -0.15) is 5.10 Å². The molecule has 0 bridgehead atoms. The van der Waals surface area contributed by atoms with E-state index in [4.69, 9.17) is 4.99 Å². The van der Waals surface area contributed by atoms with E-state index in [1.54, 1.807) is 11.3 Å². The number of nitrogens with zero attached hydrogens (tertiary/aromatic N) is 4. The van der Waals surface area contributed by atoms with Gasteiger partial charge in [0.15, 0.2) is 5.96 Å². The van der Waals surface area contributed by atoms with Crippen molar-refractivity contribution in [2.75, 3.05) is 20.1 Å². The molecule has 2 heterocycles. The third-order valence-corrected chi connectivity index (χ3v) is 5.19. The van der Waals surface area contributed by atoms with E-state index in [0.717, 1.165) is 37.6 Å². The molecule has 0 aliphatic carbocycles. The molecule has 2 aromatic heterocycles. The third kappa shape index (κ3) is 5.96. The highest BCUT2D eigenvalue weighted by atomic mass is 32.1. The Hall–Kier alpha value is -2.60. The van der Waals surface area contributed by atoms with E-state index in [1.807, 2.05) is 16.9 Å². The quantitative estimate of drug-likeness (QED) is 0.479. The Kier molecular flexibility index (Phi) is 7.04. The summed E-state index contributed by atoms with van der Waals surface area (Å²) in [7, 11) is 2.09. The van der Waals surface area contributed by atoms with Crippen LogP contribution in [0.1, 0.15) is 22.9 Å². The Bertz CT molecular complexity index is 823. The zero-order valence-corrected chi connectivity index (χ0v) is 16.8. The minimum absolute atomic E-state index is 0.625. The van der Waals surface area contributed by atoms with Gasteiger partial charge in [-0.15, -0.1) is 11.3 Å². The van der Waals surface area contributed by atoms with Crippen LogP contribution in [0.4, 0.5) is 0 Å². The van der Waals surface area contributed by atoms with Gasteiger partial charge in [-0.3, -0.25) is 4.68 Å². The van der Waals surface area contributed by atoms with Crippen molar-refractivity contribution in [3.05, 3.63) is 76.2 Å². The van der Waals surface area contributed by atoms with Gasteiger partial charge < -0.3 is 10.2 Å². The van der Waals surface area contributed by atoms with Crippen molar-refractivity contribution in [3.63, 3.8) is 0 Å². The molecule has 1 N–H and O–H groups in total. The Labute approximate surface area is 165 Å². The molecule has 6 heteroatoms. The average molecular weight is 382 g/mol. The van der Waals surface area contributed by atoms with Gasteiger partial charge in [0.05, 0.1) is 19.3 Å². The minimum atomic E-state index is 0.625. The molecule has 0 spiro atoms. The summed E-state index contributed by atoms with van der Waals surface area (Å²) in [6.07, 6.45) is 5.01. The lowest BCUT2D eigenvalue weighted by molar-refractivity contribution is 0.486. The van der Waals surface area contributed by atoms with Crippen LogP contribution in [0.15, 0.2) is 65.2 Å². The molecule has 0 fully saturated rings. The lowest BCUT2D eigenvalue weighted by Crippen LogP contribution is -2.39. The summed E-state index contributed by atoms with van der Waals surface area (Å²) in [5, 5.41) is 9.97. The largest absolute Gasteiger partial charge is 0.357 e. The van der Waals surface area contributed by atoms with Crippen molar-refractivity contribution >= 4 is 17.3 Å². The fourth-order valence-corrected chi connectivity index (χ4v) is 3.52. The predicted molar refractivity (Wildman–Crippen MR) is 113 cm³/mol. The van der Waals surface area contributed by atoms with Crippen LogP contribution in [0.25, 0.3) is 0 Å². The van der Waals surface area contributed by atoms with Gasteiger partial charge in [-0.05, 0) is 30.4 Å². The highest BCUT2D eigenvalue weighted by molar-refractivity contribution is 7.09. The van der Waals surface area contributed by atoms with Gasteiger partial charge in [0, 0.05) is 36.8 Å². The molecule has 1 aromatic carbocycles. The summed E-state index contributed by atoms with van der Waals surface area (Å²) in [4.78, 5) is 8.38. The molecule has 0 radical (unpaired) electrons. The van der Waals surface area contributed by atoms with E-state index < -0.39 is 0 Å². The van der Waals surface area contributed by atoms with Crippen LogP contribution in [-0.4, -0.2) is 40.8 Å². The monoisotopic (exact) mass is 381 g/mol. The molecular weight excluding hydrogens is 354 g/mol. The van der Waals surface area contributed by atoms with Gasteiger partial charge in [0.1, 0.15) is 0 Å². The molecule has 0 amide bonds. The first-order valence-electron chi connectivity index (χ1n) is 9.31. The van der Waals surface area contributed by atoms with E-state index >= 15 is 0 Å². The lowest BCUT2D eigenvalue weighted by atomic mass is 10.2. The van der Waals surface area contributed by atoms with Crippen LogP contribution >= 0.6 is 11.3 Å². The molecule has 27 heavy (non-hydrogen) atoms. The van der Waals surface area contributed by atoms with E-state index in [2.05, 4.69) is 77.3 Å². The Balaban J connectivity index is 1.57. The Morgan fingerprint density at radius 2 is 2.04 bits per heavy atom. The van der Waals surface area contributed by atoms with E-state index in [1.165, 1.54) is 10.4 Å². The summed E-state index contributed by atoms with van der Waals surface area (Å²) in [6, 6.07) is 14.7. The summed E-state index contributed by atoms with van der Waals surface area (Å²) < 4.78 is 1.97. The molecule has 3 rings (SSSR count). The van der Waals surface area contributed by atoms with Crippen LogP contribution in [0, 0.1) is 0 Å². The molecule has 5 nitrogen and oxygen atoms in total. The van der Waals surface area contributed by atoms with Crippen molar-refractivity contribution in [2.24, 2.45) is 4.99 Å². The normalized spacial score (nSPS) is 11.6. The lowest BCUT2D eigenvalue weighted by Gasteiger charge is -2.21. The summed E-state index contributed by atoms with van der Waals surface area (Å²) in [5.41, 5.74) is 2.37. The number of likely N-dealkylation sites (N-methyl/N-ethyl adjacent to an activating group) is 1. The number of thiophene rings is 1. The number of hydrogen-bond acceptors (Lipinski definition) is 3. The highest BCUT2D eigenvalue weighted by Gasteiger charge is 2.07. The molecule has 3 aromatic rings. The number of aliphatic imine (C=N–C) groups is 1. The number of hydrogen-bond donors (Lipinski definition) is 1. The first-order valence-corrected chi connectivity index (χ1v) is 10.2. The van der Waals surface area contributed by atoms with Crippen LogP contribution in [-0.2, 0) is 19.5 Å². The average Bonchev–Trinajstić information content (AvgIpc) is 3.36. The highest BCUT2D eigenvalue weighted by Crippen LogP contribution is 2.10. The van der Waals surface area contributed by atoms with Crippen LogP contribution < -0.4 is 5.32 Å². The zero-order valence-electron chi connectivity index (χ0n) is 16.0. The standard InChI is InChI=1S/C21H27N5S/c1-3-22-21(25(2)12-11-20-10-7-13-27-20)23-14-19-15-24-26(17-19)16-18-8-5-4-6-9-18/h4-10,13,15,17H,3,11-12,14,16H2,1-2H3,(H,22,23). The maximum Gasteiger partial charge on any atom is 0.193 e. The Morgan fingerprint density at radius 3 is 2.78 bits per heavy atom. The van der Waals surface area contributed by atoms with Crippen molar-refractivity contribution in [3.8, 4) is 0 Å². The molecule has 0 saturated heterocycles. The SMILES string of the molecule is CCNC(=NCc1cnn(Cc2ccccc2)c1)N(C)CCc1cccs1. The predicted octanol–water partition coefficient (Wildman–Crippen LogP) is 3.63. The zero-order chi connectivity index (χ0) is 18.9. The molecule has 0 unspecified atom stereocenters. The number of benzene rings is 1. The second-order valence-electron chi connectivity index (χ2n) is 6.45. The maximum atomic E-state index is 4.79. The first kappa shape index (κ1) is 19.2. The van der Waals surface area contributed by atoms with Crippen molar-refractivity contribution < 1.29 is 0 Å². The topological polar surface area (TPSA) is 45.5 Å². The number of guanidine groups is 1. The van der Waals surface area contributed by atoms with Gasteiger partial charge in [-0.1, -0.05) is 36.4 Å². The third-order valence-electron chi connectivity index (χ3n) is 4.26. The van der Waals surface area contributed by atoms with Gasteiger partial charge in [0.25, 0.3) is 0 Å². The van der Waals surface area contributed by atoms with E-state index in [0.29, 0.717) is 6.54 Å². The number of nitrogens with one attached hydrogen (secondary N) is 1. The summed E-state index contributed by atoms with van der Waals surface area (Å²) in [5.74, 6) is 0.935. The minimum Gasteiger partial charge on any atom is -0.357 e. The van der Waals surface area contributed by atoms with E-state index in [9.17, 15) is 0 Å². The molecule has 0 aliphatic rings. The fourth-order valence-electron chi connectivity index (χ4n) is 2.82. The number of rotatable bonds is 8. The van der Waals surface area contributed by atoms with Crippen molar-refractivity contribution in [2.45, 2.75) is 26.4 Å². The van der Waals surface area contributed by atoms with E-state index in [-0.39, 0.29) is 0 Å². The molecular formula is C21H27N5S. The van der Waals surface area contributed by atoms with Crippen molar-refractivity contribution in [1.82, 2.24) is 20.0 Å². The van der Waals surface area contributed by atoms with Crippen molar-refractivity contribution in [1.29, 1.82) is 0 Å². The summed E-state index contributed by atoms with van der Waals surface area (Å²) in [6.45, 7) is 5.31. The Morgan fingerprint density at radius 1 is 1.19 bits per heavy atom. The van der Waals surface area contributed by atoms with Gasteiger partial charge in [0.2, 0.25) is 0 Å². The molecule has 0 aliphatic heterocycles. The molecule has 142 valence electrons. The van der Waals surface area contributed by atoms with Crippen LogP contribution in [0.5, 0.6) is 0 Å². The summed E-state index contributed by atoms with van der Waals surface area (Å²) >= 11 is 1.81. The van der Waals surface area contributed by atoms with Crippen LogP contribution in [0.2, 0.25) is 0 Å². The second-order valence-corrected chi connectivity index (χ2v) is 7.49.